The van der Waals surface area contributed by atoms with Gasteiger partial charge in [-0.2, -0.15) is 0 Å². The van der Waals surface area contributed by atoms with E-state index in [9.17, 15) is 14.4 Å². The Kier molecular flexibility index (Phi) is 4.68. The molecule has 1 aliphatic heterocycles. The summed E-state index contributed by atoms with van der Waals surface area (Å²) < 4.78 is 7.76. The van der Waals surface area contributed by atoms with Gasteiger partial charge in [-0.25, -0.2) is 9.48 Å². The van der Waals surface area contributed by atoms with Crippen LogP contribution >= 0.6 is 0 Å². The van der Waals surface area contributed by atoms with Gasteiger partial charge in [0.25, 0.3) is 5.91 Å². The third-order valence-corrected chi connectivity index (χ3v) is 4.78. The molecule has 4 heterocycles. The molecule has 1 aliphatic rings. The Labute approximate surface area is 159 Å². The van der Waals surface area contributed by atoms with E-state index < -0.39 is 0 Å². The summed E-state index contributed by atoms with van der Waals surface area (Å²) in [5.41, 5.74) is 0.940. The highest BCUT2D eigenvalue weighted by molar-refractivity contribution is 5.91. The number of aryl methyl sites for hydroxylation is 2. The summed E-state index contributed by atoms with van der Waals surface area (Å²) >= 11 is 0. The zero-order chi connectivity index (χ0) is 19.7. The van der Waals surface area contributed by atoms with Gasteiger partial charge in [0.15, 0.2) is 5.65 Å². The maximum Gasteiger partial charge on any atom is 0.350 e. The Morgan fingerprint density at radius 2 is 1.89 bits per heavy atom. The van der Waals surface area contributed by atoms with Gasteiger partial charge in [0.05, 0.1) is 12.2 Å². The van der Waals surface area contributed by atoms with E-state index in [1.807, 2.05) is 0 Å². The maximum atomic E-state index is 12.5. The number of hydrogen-bond acceptors (Lipinski definition) is 6. The van der Waals surface area contributed by atoms with Crippen LogP contribution in [0.4, 0.5) is 0 Å². The van der Waals surface area contributed by atoms with E-state index in [2.05, 4.69) is 10.3 Å². The molecule has 10 heteroatoms. The Bertz CT molecular complexity index is 1070. The minimum Gasteiger partial charge on any atom is -0.351 e. The third-order valence-electron chi connectivity index (χ3n) is 4.78. The lowest BCUT2D eigenvalue weighted by molar-refractivity contribution is -0.133. The van der Waals surface area contributed by atoms with Gasteiger partial charge in [-0.1, -0.05) is 11.2 Å². The highest BCUT2D eigenvalue weighted by atomic mass is 16.5. The van der Waals surface area contributed by atoms with Crippen LogP contribution in [-0.4, -0.2) is 67.1 Å². The summed E-state index contributed by atoms with van der Waals surface area (Å²) in [6, 6.07) is 6.91. The van der Waals surface area contributed by atoms with E-state index in [0.29, 0.717) is 37.5 Å². The first-order valence-corrected chi connectivity index (χ1v) is 9.07. The van der Waals surface area contributed by atoms with Crippen LogP contribution in [0.5, 0.6) is 0 Å². The molecule has 0 bridgehead atoms. The fourth-order valence-electron chi connectivity index (χ4n) is 3.25. The summed E-state index contributed by atoms with van der Waals surface area (Å²) in [7, 11) is 0. The molecule has 28 heavy (non-hydrogen) atoms. The molecule has 3 aromatic rings. The smallest absolute Gasteiger partial charge is 0.350 e. The lowest BCUT2D eigenvalue weighted by atomic mass is 10.2. The number of fused-ring (bicyclic) bond motifs is 1. The molecule has 1 fully saturated rings. The van der Waals surface area contributed by atoms with Crippen LogP contribution in [0.25, 0.3) is 5.65 Å². The number of hydrogen-bond donors (Lipinski definition) is 0. The molecule has 1 saturated heterocycles. The molecule has 0 radical (unpaired) electrons. The topological polar surface area (TPSA) is 106 Å². The number of piperazine rings is 1. The summed E-state index contributed by atoms with van der Waals surface area (Å²) in [6.45, 7) is 3.72. The summed E-state index contributed by atoms with van der Waals surface area (Å²) in [5, 5.41) is 7.96. The monoisotopic (exact) mass is 384 g/mol. The van der Waals surface area contributed by atoms with Crippen molar-refractivity contribution in [3.05, 3.63) is 52.4 Å². The first kappa shape index (κ1) is 18.0. The molecule has 0 atom stereocenters. The minimum atomic E-state index is -0.263. The summed E-state index contributed by atoms with van der Waals surface area (Å²) in [6.07, 6.45) is 1.83. The number of carbonyl (C=O) groups excluding carboxylic acids is 2. The Balaban J connectivity index is 1.32. The molecule has 0 unspecified atom stereocenters. The normalized spacial score (nSPS) is 14.6. The standard InChI is InChI=1S/C18H20N6O4/c1-13-12-14(28-20-13)17(26)22-10-8-21(9-11-22)16(25)5-7-24-18(27)23-6-3-2-4-15(23)19-24/h2-4,6,12H,5,7-11H2,1H3. The van der Waals surface area contributed by atoms with Crippen LogP contribution in [0.2, 0.25) is 0 Å². The zero-order valence-corrected chi connectivity index (χ0v) is 15.4. The predicted molar refractivity (Wildman–Crippen MR) is 97.8 cm³/mol. The Morgan fingerprint density at radius 1 is 1.14 bits per heavy atom. The van der Waals surface area contributed by atoms with Crippen LogP contribution in [-0.2, 0) is 11.3 Å². The number of amides is 2. The van der Waals surface area contributed by atoms with E-state index in [1.54, 1.807) is 47.2 Å². The SMILES string of the molecule is Cc1cc(C(=O)N2CCN(C(=O)CCn3nc4ccccn4c3=O)CC2)on1. The van der Waals surface area contributed by atoms with Gasteiger partial charge in [-0.15, -0.1) is 5.10 Å². The van der Waals surface area contributed by atoms with Crippen LogP contribution in [0.1, 0.15) is 22.7 Å². The van der Waals surface area contributed by atoms with E-state index >= 15 is 0 Å². The second kappa shape index (κ2) is 7.29. The molecule has 0 N–H and O–H groups in total. The lowest BCUT2D eigenvalue weighted by Gasteiger charge is -2.34. The van der Waals surface area contributed by atoms with Crippen LogP contribution in [0.3, 0.4) is 0 Å². The van der Waals surface area contributed by atoms with E-state index in [4.69, 9.17) is 4.52 Å². The van der Waals surface area contributed by atoms with Crippen LogP contribution in [0, 0.1) is 6.92 Å². The van der Waals surface area contributed by atoms with E-state index in [-0.39, 0.29) is 36.2 Å². The van der Waals surface area contributed by atoms with Crippen molar-refractivity contribution < 1.29 is 14.1 Å². The number of rotatable bonds is 4. The van der Waals surface area contributed by atoms with Crippen molar-refractivity contribution in [2.24, 2.45) is 0 Å². The van der Waals surface area contributed by atoms with Gasteiger partial charge in [-0.3, -0.25) is 14.0 Å². The fraction of sp³-hybridized carbons (Fsp3) is 0.389. The van der Waals surface area contributed by atoms with Gasteiger partial charge in [0, 0.05) is 44.9 Å². The van der Waals surface area contributed by atoms with Crippen molar-refractivity contribution >= 4 is 17.5 Å². The van der Waals surface area contributed by atoms with Crippen molar-refractivity contribution in [1.29, 1.82) is 0 Å². The van der Waals surface area contributed by atoms with Crippen molar-refractivity contribution in [3.8, 4) is 0 Å². The fourth-order valence-corrected chi connectivity index (χ4v) is 3.25. The van der Waals surface area contributed by atoms with Crippen molar-refractivity contribution in [2.45, 2.75) is 19.9 Å². The average molecular weight is 384 g/mol. The molecule has 0 aromatic carbocycles. The summed E-state index contributed by atoms with van der Waals surface area (Å²) in [4.78, 5) is 40.5. The highest BCUT2D eigenvalue weighted by Gasteiger charge is 2.26. The van der Waals surface area contributed by atoms with Crippen LogP contribution in [0.15, 0.2) is 39.8 Å². The molecular formula is C18H20N6O4. The van der Waals surface area contributed by atoms with Gasteiger partial charge >= 0.3 is 5.69 Å². The molecule has 0 saturated carbocycles. The predicted octanol–water partition coefficient (Wildman–Crippen LogP) is 0.167. The lowest BCUT2D eigenvalue weighted by Crippen LogP contribution is -2.50. The van der Waals surface area contributed by atoms with Crippen molar-refractivity contribution in [3.63, 3.8) is 0 Å². The minimum absolute atomic E-state index is 0.0634. The quantitative estimate of drug-likeness (QED) is 0.635. The second-order valence-electron chi connectivity index (χ2n) is 6.69. The van der Waals surface area contributed by atoms with Crippen LogP contribution < -0.4 is 5.69 Å². The molecule has 0 aliphatic carbocycles. The van der Waals surface area contributed by atoms with E-state index in [0.717, 1.165) is 0 Å². The molecular weight excluding hydrogens is 364 g/mol. The Morgan fingerprint density at radius 3 is 2.57 bits per heavy atom. The third kappa shape index (κ3) is 3.40. The highest BCUT2D eigenvalue weighted by Crippen LogP contribution is 2.11. The van der Waals surface area contributed by atoms with Gasteiger partial charge in [0.2, 0.25) is 11.7 Å². The zero-order valence-electron chi connectivity index (χ0n) is 15.4. The van der Waals surface area contributed by atoms with E-state index in [1.165, 1.54) is 9.08 Å². The molecule has 2 amide bonds. The first-order valence-electron chi connectivity index (χ1n) is 9.07. The molecule has 146 valence electrons. The van der Waals surface area contributed by atoms with Gasteiger partial charge in [-0.05, 0) is 19.1 Å². The second-order valence-corrected chi connectivity index (χ2v) is 6.69. The summed E-state index contributed by atoms with van der Waals surface area (Å²) in [5.74, 6) is -0.0704. The molecule has 4 rings (SSSR count). The number of carbonyl (C=O) groups is 2. The first-order chi connectivity index (χ1) is 13.5. The average Bonchev–Trinajstić information content (AvgIpc) is 3.29. The number of nitrogens with zero attached hydrogens (tertiary/aromatic N) is 6. The Hall–Kier alpha value is -3.43. The molecule has 10 nitrogen and oxygen atoms in total. The van der Waals surface area contributed by atoms with Crippen molar-refractivity contribution in [2.75, 3.05) is 26.2 Å². The largest absolute Gasteiger partial charge is 0.351 e. The molecule has 0 spiro atoms. The maximum absolute atomic E-state index is 12.5. The number of pyridine rings is 1. The van der Waals surface area contributed by atoms with Crippen molar-refractivity contribution in [1.82, 2.24) is 29.1 Å². The van der Waals surface area contributed by atoms with Gasteiger partial charge < -0.3 is 14.3 Å². The molecule has 3 aromatic heterocycles. The van der Waals surface area contributed by atoms with Gasteiger partial charge in [0.1, 0.15) is 0 Å². The number of aromatic nitrogens is 4.